The Morgan fingerprint density at radius 1 is 1.21 bits per heavy atom. The molecule has 0 saturated heterocycles. The predicted octanol–water partition coefficient (Wildman–Crippen LogP) is 3.71. The molecule has 0 atom stereocenters. The lowest BCUT2D eigenvalue weighted by molar-refractivity contribution is -0.129. The Morgan fingerprint density at radius 2 is 1.96 bits per heavy atom. The van der Waals surface area contributed by atoms with Crippen molar-refractivity contribution >= 4 is 29.5 Å². The van der Waals surface area contributed by atoms with Crippen LogP contribution in [0.4, 0.5) is 0 Å². The van der Waals surface area contributed by atoms with E-state index < -0.39 is 5.97 Å². The van der Waals surface area contributed by atoms with E-state index in [0.29, 0.717) is 33.4 Å². The molecule has 0 amide bonds. The Kier molecular flexibility index (Phi) is 5.87. The molecule has 0 aromatic heterocycles. The SMILES string of the molecule is C#CCOc1c(Cl)cc(C=C2N=C(c3ccc(OC)cc3)OC2=O)cc1OC. The van der Waals surface area contributed by atoms with Crippen LogP contribution in [0.1, 0.15) is 11.1 Å². The van der Waals surface area contributed by atoms with Gasteiger partial charge in [-0.3, -0.25) is 0 Å². The van der Waals surface area contributed by atoms with Gasteiger partial charge in [-0.1, -0.05) is 17.5 Å². The highest BCUT2D eigenvalue weighted by molar-refractivity contribution is 6.32. The fourth-order valence-electron chi connectivity index (χ4n) is 2.50. The number of benzene rings is 2. The minimum Gasteiger partial charge on any atom is -0.497 e. The summed E-state index contributed by atoms with van der Waals surface area (Å²) >= 11 is 6.26. The number of ether oxygens (including phenoxy) is 4. The zero-order valence-electron chi connectivity index (χ0n) is 15.2. The maximum Gasteiger partial charge on any atom is 0.363 e. The zero-order chi connectivity index (χ0) is 20.1. The van der Waals surface area contributed by atoms with Gasteiger partial charge in [0.25, 0.3) is 0 Å². The van der Waals surface area contributed by atoms with Gasteiger partial charge in [-0.25, -0.2) is 9.79 Å². The third-order valence-corrected chi connectivity index (χ3v) is 4.09. The highest BCUT2D eigenvalue weighted by Gasteiger charge is 2.24. The van der Waals surface area contributed by atoms with E-state index in [1.54, 1.807) is 49.6 Å². The van der Waals surface area contributed by atoms with Gasteiger partial charge in [-0.15, -0.1) is 6.42 Å². The van der Waals surface area contributed by atoms with E-state index in [1.165, 1.54) is 7.11 Å². The molecule has 28 heavy (non-hydrogen) atoms. The van der Waals surface area contributed by atoms with Gasteiger partial charge in [0.05, 0.1) is 19.2 Å². The van der Waals surface area contributed by atoms with Crippen LogP contribution in [0.5, 0.6) is 17.2 Å². The van der Waals surface area contributed by atoms with Gasteiger partial charge in [0.1, 0.15) is 12.4 Å². The van der Waals surface area contributed by atoms with E-state index in [1.807, 2.05) is 0 Å². The van der Waals surface area contributed by atoms with Gasteiger partial charge in [0.2, 0.25) is 5.90 Å². The van der Waals surface area contributed by atoms with E-state index in [-0.39, 0.29) is 18.2 Å². The van der Waals surface area contributed by atoms with Gasteiger partial charge in [-0.2, -0.15) is 0 Å². The van der Waals surface area contributed by atoms with Crippen LogP contribution in [-0.2, 0) is 9.53 Å². The van der Waals surface area contributed by atoms with Crippen molar-refractivity contribution in [2.45, 2.75) is 0 Å². The number of cyclic esters (lactones) is 1. The number of nitrogens with zero attached hydrogens (tertiary/aromatic N) is 1. The maximum atomic E-state index is 12.2. The molecule has 1 aliphatic rings. The second-order valence-electron chi connectivity index (χ2n) is 5.59. The summed E-state index contributed by atoms with van der Waals surface area (Å²) in [7, 11) is 3.06. The average molecular weight is 398 g/mol. The van der Waals surface area contributed by atoms with Crippen LogP contribution in [0, 0.1) is 12.3 Å². The number of aliphatic imine (C=N–C) groups is 1. The Bertz CT molecular complexity index is 1000. The van der Waals surface area contributed by atoms with Gasteiger partial charge < -0.3 is 18.9 Å². The second-order valence-corrected chi connectivity index (χ2v) is 6.00. The monoisotopic (exact) mass is 397 g/mol. The number of rotatable bonds is 6. The van der Waals surface area contributed by atoms with Crippen molar-refractivity contribution in [2.24, 2.45) is 4.99 Å². The second kappa shape index (κ2) is 8.51. The summed E-state index contributed by atoms with van der Waals surface area (Å²) in [5.41, 5.74) is 1.40. The van der Waals surface area contributed by atoms with E-state index in [2.05, 4.69) is 10.9 Å². The summed E-state index contributed by atoms with van der Waals surface area (Å²) in [6, 6.07) is 10.3. The summed E-state index contributed by atoms with van der Waals surface area (Å²) in [6.07, 6.45) is 6.76. The third-order valence-electron chi connectivity index (χ3n) is 3.81. The van der Waals surface area contributed by atoms with Crippen molar-refractivity contribution < 1.29 is 23.7 Å². The topological polar surface area (TPSA) is 66.3 Å². The number of hydrogen-bond donors (Lipinski definition) is 0. The average Bonchev–Trinajstić information content (AvgIpc) is 3.07. The van der Waals surface area contributed by atoms with Crippen molar-refractivity contribution in [3.63, 3.8) is 0 Å². The summed E-state index contributed by atoms with van der Waals surface area (Å²) in [5.74, 6) is 3.43. The lowest BCUT2D eigenvalue weighted by Gasteiger charge is -2.11. The lowest BCUT2D eigenvalue weighted by Crippen LogP contribution is -2.05. The lowest BCUT2D eigenvalue weighted by atomic mass is 10.1. The highest BCUT2D eigenvalue weighted by atomic mass is 35.5. The molecule has 0 saturated carbocycles. The molecule has 7 heteroatoms. The third kappa shape index (κ3) is 4.11. The number of carbonyl (C=O) groups is 1. The van der Waals surface area contributed by atoms with Crippen LogP contribution >= 0.6 is 11.6 Å². The molecule has 0 bridgehead atoms. The smallest absolute Gasteiger partial charge is 0.363 e. The van der Waals surface area contributed by atoms with Crippen LogP contribution in [0.3, 0.4) is 0 Å². The van der Waals surface area contributed by atoms with E-state index in [0.717, 1.165) is 0 Å². The molecular formula is C21H16ClNO5. The number of methoxy groups -OCH3 is 2. The summed E-state index contributed by atoms with van der Waals surface area (Å²) in [5, 5.41) is 0.298. The molecule has 2 aromatic rings. The first kappa shape index (κ1) is 19.3. The summed E-state index contributed by atoms with van der Waals surface area (Å²) in [4.78, 5) is 16.5. The van der Waals surface area contributed by atoms with Crippen LogP contribution < -0.4 is 14.2 Å². The van der Waals surface area contributed by atoms with Crippen molar-refractivity contribution in [1.82, 2.24) is 0 Å². The molecule has 0 spiro atoms. The first-order valence-electron chi connectivity index (χ1n) is 8.16. The molecule has 0 N–H and O–H groups in total. The Hall–Kier alpha value is -3.43. The predicted molar refractivity (Wildman–Crippen MR) is 106 cm³/mol. The van der Waals surface area contributed by atoms with Gasteiger partial charge in [-0.05, 0) is 48.0 Å². The zero-order valence-corrected chi connectivity index (χ0v) is 15.9. The molecule has 0 aliphatic carbocycles. The normalized spacial score (nSPS) is 14.3. The molecule has 142 valence electrons. The van der Waals surface area contributed by atoms with Crippen molar-refractivity contribution in [3.05, 3.63) is 58.2 Å². The minimum absolute atomic E-state index is 0.0539. The molecule has 0 unspecified atom stereocenters. The van der Waals surface area contributed by atoms with Crippen molar-refractivity contribution in [2.75, 3.05) is 20.8 Å². The van der Waals surface area contributed by atoms with Crippen molar-refractivity contribution in [1.29, 1.82) is 0 Å². The first-order chi connectivity index (χ1) is 13.5. The van der Waals surface area contributed by atoms with Gasteiger partial charge >= 0.3 is 5.97 Å². The number of carbonyl (C=O) groups excluding carboxylic acids is 1. The van der Waals surface area contributed by atoms with Crippen LogP contribution in [0.25, 0.3) is 6.08 Å². The first-order valence-corrected chi connectivity index (χ1v) is 8.54. The van der Waals surface area contributed by atoms with E-state index >= 15 is 0 Å². The molecular weight excluding hydrogens is 382 g/mol. The quantitative estimate of drug-likeness (QED) is 0.422. The summed E-state index contributed by atoms with van der Waals surface area (Å²) in [6.45, 7) is 0.0539. The largest absolute Gasteiger partial charge is 0.497 e. The van der Waals surface area contributed by atoms with Gasteiger partial charge in [0.15, 0.2) is 17.2 Å². The van der Waals surface area contributed by atoms with Crippen LogP contribution in [0.15, 0.2) is 47.1 Å². The maximum absolute atomic E-state index is 12.2. The highest BCUT2D eigenvalue weighted by Crippen LogP contribution is 2.37. The molecule has 0 fully saturated rings. The van der Waals surface area contributed by atoms with Crippen LogP contribution in [-0.4, -0.2) is 32.7 Å². The minimum atomic E-state index is -0.562. The number of halogens is 1. The van der Waals surface area contributed by atoms with Crippen LogP contribution in [0.2, 0.25) is 5.02 Å². The fraction of sp³-hybridized carbons (Fsp3) is 0.143. The summed E-state index contributed by atoms with van der Waals surface area (Å²) < 4.78 is 21.1. The molecule has 1 heterocycles. The standard InChI is InChI=1S/C21H16ClNO5/c1-4-9-27-19-16(22)10-13(12-18(19)26-3)11-17-21(24)28-20(23-17)14-5-7-15(25-2)8-6-14/h1,5-8,10-12H,9H2,2-3H3. The molecule has 3 rings (SSSR count). The molecule has 2 aromatic carbocycles. The molecule has 6 nitrogen and oxygen atoms in total. The van der Waals surface area contributed by atoms with Gasteiger partial charge in [0, 0.05) is 5.56 Å². The van der Waals surface area contributed by atoms with E-state index in [4.69, 9.17) is 37.0 Å². The number of terminal acetylenes is 1. The molecule has 0 radical (unpaired) electrons. The Labute approximate surface area is 167 Å². The Balaban J connectivity index is 1.91. The Morgan fingerprint density at radius 3 is 2.61 bits per heavy atom. The van der Waals surface area contributed by atoms with Crippen molar-refractivity contribution in [3.8, 4) is 29.6 Å². The molecule has 1 aliphatic heterocycles. The number of hydrogen-bond acceptors (Lipinski definition) is 6. The van der Waals surface area contributed by atoms with E-state index in [9.17, 15) is 4.79 Å². The fourth-order valence-corrected chi connectivity index (χ4v) is 2.77. The number of esters is 1.